The van der Waals surface area contributed by atoms with Gasteiger partial charge in [0.2, 0.25) is 0 Å². The van der Waals surface area contributed by atoms with E-state index in [1.54, 1.807) is 0 Å². The lowest BCUT2D eigenvalue weighted by Gasteiger charge is -2.19. The van der Waals surface area contributed by atoms with Gasteiger partial charge in [-0.3, -0.25) is 4.79 Å². The largest absolute Gasteiger partial charge is 0.461 e. The monoisotopic (exact) mass is 229 g/mol. The highest BCUT2D eigenvalue weighted by Crippen LogP contribution is 2.09. The van der Waals surface area contributed by atoms with Crippen LogP contribution in [0.1, 0.15) is 59.8 Å². The molecule has 0 bridgehead atoms. The average molecular weight is 229 g/mol. The molecule has 0 aliphatic rings. The lowest BCUT2D eigenvalue weighted by Crippen LogP contribution is -2.35. The molecule has 0 aromatic heterocycles. The molecule has 0 aliphatic carbocycles. The van der Waals surface area contributed by atoms with E-state index in [2.05, 4.69) is 6.92 Å². The molecule has 3 nitrogen and oxygen atoms in total. The normalized spacial score (nSPS) is 14.9. The van der Waals surface area contributed by atoms with Crippen molar-refractivity contribution < 1.29 is 9.53 Å². The van der Waals surface area contributed by atoms with Crippen molar-refractivity contribution in [1.82, 2.24) is 0 Å². The highest BCUT2D eigenvalue weighted by Gasteiger charge is 2.18. The van der Waals surface area contributed by atoms with Gasteiger partial charge in [-0.1, -0.05) is 46.5 Å². The van der Waals surface area contributed by atoms with E-state index in [1.807, 2.05) is 20.8 Å². The Bertz CT molecular complexity index is 192. The van der Waals surface area contributed by atoms with E-state index in [0.29, 0.717) is 5.92 Å². The molecule has 0 spiro atoms. The molecule has 0 unspecified atom stereocenters. The van der Waals surface area contributed by atoms with Crippen molar-refractivity contribution in [3.05, 3.63) is 0 Å². The molecule has 0 amide bonds. The van der Waals surface area contributed by atoms with Crippen molar-refractivity contribution >= 4 is 5.97 Å². The summed E-state index contributed by atoms with van der Waals surface area (Å²) in [5.74, 6) is 0.0916. The molecule has 0 saturated carbocycles. The van der Waals surface area contributed by atoms with Gasteiger partial charge in [0.1, 0.15) is 12.1 Å². The fraction of sp³-hybridized carbons (Fsp3) is 0.923. The summed E-state index contributed by atoms with van der Waals surface area (Å²) < 4.78 is 5.27. The van der Waals surface area contributed by atoms with E-state index >= 15 is 0 Å². The molecule has 0 aromatic rings. The van der Waals surface area contributed by atoms with Gasteiger partial charge in [-0.2, -0.15) is 0 Å². The third-order valence-electron chi connectivity index (χ3n) is 2.91. The molecule has 0 rings (SSSR count). The maximum Gasteiger partial charge on any atom is 0.323 e. The first-order valence-corrected chi connectivity index (χ1v) is 6.45. The van der Waals surface area contributed by atoms with Crippen LogP contribution in [0.4, 0.5) is 0 Å². The summed E-state index contributed by atoms with van der Waals surface area (Å²) in [7, 11) is 0. The van der Waals surface area contributed by atoms with E-state index in [-0.39, 0.29) is 12.1 Å². The van der Waals surface area contributed by atoms with Crippen molar-refractivity contribution in [3.8, 4) is 0 Å². The van der Waals surface area contributed by atoms with Gasteiger partial charge in [-0.25, -0.2) is 0 Å². The molecular formula is C13H27NO2. The fourth-order valence-electron chi connectivity index (χ4n) is 1.32. The zero-order valence-electron chi connectivity index (χ0n) is 11.2. The van der Waals surface area contributed by atoms with Crippen LogP contribution in [-0.2, 0) is 9.53 Å². The topological polar surface area (TPSA) is 52.3 Å². The first-order chi connectivity index (χ1) is 7.49. The number of carbonyl (C=O) groups is 1. The first kappa shape index (κ1) is 15.4. The first-order valence-electron chi connectivity index (χ1n) is 6.45. The summed E-state index contributed by atoms with van der Waals surface area (Å²) in [5.41, 5.74) is 5.77. The maximum absolute atomic E-state index is 11.6. The number of carbonyl (C=O) groups excluding carboxylic acids is 1. The molecule has 0 radical (unpaired) electrons. The van der Waals surface area contributed by atoms with E-state index in [9.17, 15) is 4.79 Å². The summed E-state index contributed by atoms with van der Waals surface area (Å²) in [6.45, 7) is 8.14. The minimum absolute atomic E-state index is 0.0470. The summed E-state index contributed by atoms with van der Waals surface area (Å²) in [5, 5.41) is 0. The second-order valence-electron chi connectivity index (χ2n) is 4.84. The number of ether oxygens (including phenoxy) is 1. The van der Waals surface area contributed by atoms with Gasteiger partial charge in [0.25, 0.3) is 0 Å². The third-order valence-corrected chi connectivity index (χ3v) is 2.91. The zero-order chi connectivity index (χ0) is 12.6. The summed E-state index contributed by atoms with van der Waals surface area (Å²) in [6, 6.07) is -0.446. The number of unbranched alkanes of at least 4 members (excludes halogenated alkanes) is 3. The van der Waals surface area contributed by atoms with Gasteiger partial charge in [-0.15, -0.1) is 0 Å². The highest BCUT2D eigenvalue weighted by molar-refractivity contribution is 5.75. The molecule has 0 heterocycles. The number of hydrogen-bond acceptors (Lipinski definition) is 3. The standard InChI is InChI=1S/C13H27NO2/c1-5-6-7-8-9-12(14)13(15)16-11(4)10(2)3/h10-12H,5-9,14H2,1-4H3/t11-,12-/m0/s1. The van der Waals surface area contributed by atoms with Crippen LogP contribution in [0, 0.1) is 5.92 Å². The maximum atomic E-state index is 11.6. The SMILES string of the molecule is CCCCCC[C@H](N)C(=O)O[C@@H](C)C(C)C. The molecule has 0 saturated heterocycles. The van der Waals surface area contributed by atoms with Crippen LogP contribution in [0.2, 0.25) is 0 Å². The Morgan fingerprint density at radius 1 is 1.19 bits per heavy atom. The van der Waals surface area contributed by atoms with Gasteiger partial charge in [0, 0.05) is 0 Å². The minimum atomic E-state index is -0.446. The van der Waals surface area contributed by atoms with Crippen molar-refractivity contribution in [2.24, 2.45) is 11.7 Å². The number of esters is 1. The molecule has 0 aliphatic heterocycles. The molecule has 0 aromatic carbocycles. The summed E-state index contributed by atoms with van der Waals surface area (Å²) >= 11 is 0. The quantitative estimate of drug-likeness (QED) is 0.514. The molecule has 96 valence electrons. The van der Waals surface area contributed by atoms with Crippen LogP contribution in [-0.4, -0.2) is 18.1 Å². The second kappa shape index (κ2) is 8.57. The van der Waals surface area contributed by atoms with E-state index < -0.39 is 6.04 Å². The highest BCUT2D eigenvalue weighted by atomic mass is 16.5. The Balaban J connectivity index is 3.73. The van der Waals surface area contributed by atoms with Gasteiger partial charge in [0.05, 0.1) is 0 Å². The van der Waals surface area contributed by atoms with Gasteiger partial charge in [0.15, 0.2) is 0 Å². The van der Waals surface area contributed by atoms with Gasteiger partial charge in [-0.05, 0) is 19.3 Å². The van der Waals surface area contributed by atoms with Gasteiger partial charge < -0.3 is 10.5 Å². The summed E-state index contributed by atoms with van der Waals surface area (Å²) in [6.07, 6.45) is 5.27. The minimum Gasteiger partial charge on any atom is -0.461 e. The Hall–Kier alpha value is -0.570. The number of hydrogen-bond donors (Lipinski definition) is 1. The molecule has 2 atom stereocenters. The van der Waals surface area contributed by atoms with E-state index in [1.165, 1.54) is 12.8 Å². The van der Waals surface area contributed by atoms with Crippen molar-refractivity contribution in [1.29, 1.82) is 0 Å². The van der Waals surface area contributed by atoms with Crippen LogP contribution in [0.15, 0.2) is 0 Å². The van der Waals surface area contributed by atoms with Crippen molar-refractivity contribution in [2.45, 2.75) is 71.9 Å². The van der Waals surface area contributed by atoms with Crippen molar-refractivity contribution in [2.75, 3.05) is 0 Å². The number of rotatable bonds is 8. The van der Waals surface area contributed by atoms with Crippen LogP contribution in [0.25, 0.3) is 0 Å². The Labute approximate surface area is 99.7 Å². The Morgan fingerprint density at radius 2 is 1.81 bits per heavy atom. The Morgan fingerprint density at radius 3 is 2.31 bits per heavy atom. The van der Waals surface area contributed by atoms with Crippen LogP contribution < -0.4 is 5.73 Å². The van der Waals surface area contributed by atoms with Gasteiger partial charge >= 0.3 is 5.97 Å². The van der Waals surface area contributed by atoms with Crippen LogP contribution in [0.5, 0.6) is 0 Å². The zero-order valence-corrected chi connectivity index (χ0v) is 11.2. The second-order valence-corrected chi connectivity index (χ2v) is 4.84. The molecule has 2 N–H and O–H groups in total. The number of nitrogens with two attached hydrogens (primary N) is 1. The molecule has 16 heavy (non-hydrogen) atoms. The fourth-order valence-corrected chi connectivity index (χ4v) is 1.32. The smallest absolute Gasteiger partial charge is 0.323 e. The van der Waals surface area contributed by atoms with E-state index in [4.69, 9.17) is 10.5 Å². The average Bonchev–Trinajstić information content (AvgIpc) is 2.23. The lowest BCUT2D eigenvalue weighted by atomic mass is 10.1. The third kappa shape index (κ3) is 6.83. The lowest BCUT2D eigenvalue weighted by molar-refractivity contribution is -0.152. The van der Waals surface area contributed by atoms with E-state index in [0.717, 1.165) is 19.3 Å². The summed E-state index contributed by atoms with van der Waals surface area (Å²) in [4.78, 5) is 11.6. The molecular weight excluding hydrogens is 202 g/mol. The predicted octanol–water partition coefficient (Wildman–Crippen LogP) is 2.87. The van der Waals surface area contributed by atoms with Crippen LogP contribution in [0.3, 0.4) is 0 Å². The predicted molar refractivity (Wildman–Crippen MR) is 67.1 cm³/mol. The van der Waals surface area contributed by atoms with Crippen molar-refractivity contribution in [3.63, 3.8) is 0 Å². The molecule has 0 fully saturated rings. The Kier molecular flexibility index (Phi) is 8.26. The van der Waals surface area contributed by atoms with Crippen LogP contribution >= 0.6 is 0 Å². The molecule has 3 heteroatoms.